The van der Waals surface area contributed by atoms with Gasteiger partial charge in [0.1, 0.15) is 5.82 Å². The largest absolute Gasteiger partial charge is 0.311 e. The molecule has 1 atom stereocenters. The minimum absolute atomic E-state index is 0.214. The molecule has 2 nitrogen and oxygen atoms in total. The fourth-order valence-electron chi connectivity index (χ4n) is 2.68. The number of nitrogens with one attached hydrogen (secondary N) is 1. The molecule has 4 heteroatoms. The van der Waals surface area contributed by atoms with Gasteiger partial charge in [0.15, 0.2) is 0 Å². The van der Waals surface area contributed by atoms with Gasteiger partial charge in [-0.1, -0.05) is 37.6 Å². The van der Waals surface area contributed by atoms with E-state index in [1.807, 2.05) is 12.1 Å². The molecule has 1 fully saturated rings. The zero-order valence-electron chi connectivity index (χ0n) is 11.6. The van der Waals surface area contributed by atoms with E-state index in [9.17, 15) is 4.39 Å². The number of benzene rings is 1. The van der Waals surface area contributed by atoms with Crippen molar-refractivity contribution in [2.45, 2.75) is 32.9 Å². The van der Waals surface area contributed by atoms with E-state index in [4.69, 9.17) is 11.6 Å². The Labute approximate surface area is 119 Å². The molecule has 0 spiro atoms. The van der Waals surface area contributed by atoms with Crippen molar-refractivity contribution in [3.63, 3.8) is 0 Å². The summed E-state index contributed by atoms with van der Waals surface area (Å²) in [5.41, 5.74) is 0.692. The van der Waals surface area contributed by atoms with Gasteiger partial charge in [-0.15, -0.1) is 0 Å². The van der Waals surface area contributed by atoms with E-state index in [1.165, 1.54) is 0 Å². The molecule has 0 amide bonds. The maximum absolute atomic E-state index is 13.9. The van der Waals surface area contributed by atoms with Crippen LogP contribution in [0.5, 0.6) is 0 Å². The molecule has 1 aliphatic heterocycles. The van der Waals surface area contributed by atoms with Gasteiger partial charge in [-0.25, -0.2) is 4.39 Å². The second-order valence-corrected chi connectivity index (χ2v) is 6.14. The highest BCUT2D eigenvalue weighted by Crippen LogP contribution is 2.20. The van der Waals surface area contributed by atoms with E-state index in [-0.39, 0.29) is 10.8 Å². The van der Waals surface area contributed by atoms with Crippen molar-refractivity contribution in [1.29, 1.82) is 0 Å². The molecular weight excluding hydrogens is 263 g/mol. The second kappa shape index (κ2) is 6.69. The third-order valence-corrected chi connectivity index (χ3v) is 3.81. The molecule has 2 rings (SSSR count). The first-order chi connectivity index (χ1) is 9.06. The van der Waals surface area contributed by atoms with Crippen LogP contribution >= 0.6 is 11.6 Å². The van der Waals surface area contributed by atoms with Crippen molar-refractivity contribution in [3.05, 3.63) is 34.6 Å². The fraction of sp³-hybridized carbons (Fsp3) is 0.600. The Morgan fingerprint density at radius 2 is 2.26 bits per heavy atom. The van der Waals surface area contributed by atoms with Gasteiger partial charge in [0.2, 0.25) is 0 Å². The van der Waals surface area contributed by atoms with Crippen molar-refractivity contribution in [2.75, 3.05) is 19.6 Å². The molecule has 1 N–H and O–H groups in total. The topological polar surface area (TPSA) is 15.3 Å². The van der Waals surface area contributed by atoms with Crippen LogP contribution in [0.2, 0.25) is 5.02 Å². The number of rotatable bonds is 4. The van der Waals surface area contributed by atoms with Gasteiger partial charge in [0.25, 0.3) is 0 Å². The predicted octanol–water partition coefficient (Wildman–Crippen LogP) is 3.30. The van der Waals surface area contributed by atoms with E-state index < -0.39 is 0 Å². The summed E-state index contributed by atoms with van der Waals surface area (Å²) in [7, 11) is 0. The van der Waals surface area contributed by atoms with Crippen LogP contribution < -0.4 is 5.32 Å². The molecule has 1 aromatic rings. The van der Waals surface area contributed by atoms with Gasteiger partial charge in [0, 0.05) is 37.8 Å². The van der Waals surface area contributed by atoms with E-state index in [1.54, 1.807) is 6.07 Å². The summed E-state index contributed by atoms with van der Waals surface area (Å²) >= 11 is 5.82. The Hall–Kier alpha value is -0.640. The van der Waals surface area contributed by atoms with Gasteiger partial charge >= 0.3 is 0 Å². The van der Waals surface area contributed by atoms with E-state index in [2.05, 4.69) is 24.1 Å². The van der Waals surface area contributed by atoms with Crippen molar-refractivity contribution in [2.24, 2.45) is 5.92 Å². The van der Waals surface area contributed by atoms with Gasteiger partial charge in [-0.3, -0.25) is 4.90 Å². The number of hydrogen-bond donors (Lipinski definition) is 1. The molecule has 106 valence electrons. The van der Waals surface area contributed by atoms with Gasteiger partial charge < -0.3 is 5.32 Å². The number of nitrogens with zero attached hydrogens (tertiary/aromatic N) is 1. The molecule has 0 aromatic heterocycles. The fourth-order valence-corrected chi connectivity index (χ4v) is 2.87. The molecule has 1 unspecified atom stereocenters. The Morgan fingerprint density at radius 1 is 1.47 bits per heavy atom. The van der Waals surface area contributed by atoms with Crippen molar-refractivity contribution in [3.8, 4) is 0 Å². The van der Waals surface area contributed by atoms with Gasteiger partial charge in [0.05, 0.1) is 5.02 Å². The molecule has 0 aliphatic carbocycles. The van der Waals surface area contributed by atoms with Gasteiger partial charge in [-0.05, 0) is 18.4 Å². The zero-order chi connectivity index (χ0) is 13.8. The maximum Gasteiger partial charge on any atom is 0.146 e. The lowest BCUT2D eigenvalue weighted by molar-refractivity contribution is 0.178. The van der Waals surface area contributed by atoms with Gasteiger partial charge in [-0.2, -0.15) is 0 Å². The normalized spacial score (nSPS) is 21.0. The molecule has 0 bridgehead atoms. The molecule has 1 heterocycles. The molecule has 0 saturated carbocycles. The summed E-state index contributed by atoms with van der Waals surface area (Å²) in [6.07, 6.45) is 1.16. The summed E-state index contributed by atoms with van der Waals surface area (Å²) in [6.45, 7) is 8.02. The lowest BCUT2D eigenvalue weighted by Gasteiger charge is -2.34. The van der Waals surface area contributed by atoms with Crippen LogP contribution in [0.3, 0.4) is 0 Å². The Bertz CT molecular complexity index is 423. The Balaban J connectivity index is 1.97. The third-order valence-electron chi connectivity index (χ3n) is 3.52. The standard InChI is InChI=1S/C15H22ClFN2/c1-11(2)8-13-10-19(7-6-18-13)9-12-4-3-5-14(16)15(12)17/h3-5,11,13,18H,6-10H2,1-2H3. The average molecular weight is 285 g/mol. The van der Waals surface area contributed by atoms with E-state index in [0.717, 1.165) is 26.1 Å². The minimum atomic E-state index is -0.275. The first-order valence-corrected chi connectivity index (χ1v) is 7.32. The van der Waals surface area contributed by atoms with Crippen LogP contribution in [-0.2, 0) is 6.54 Å². The summed E-state index contributed by atoms with van der Waals surface area (Å²) in [4.78, 5) is 2.30. The number of piperazine rings is 1. The van der Waals surface area contributed by atoms with Crippen molar-refractivity contribution >= 4 is 11.6 Å². The minimum Gasteiger partial charge on any atom is -0.311 e. The maximum atomic E-state index is 13.9. The van der Waals surface area contributed by atoms with Crippen LogP contribution in [-0.4, -0.2) is 30.6 Å². The van der Waals surface area contributed by atoms with Crippen molar-refractivity contribution < 1.29 is 4.39 Å². The van der Waals surface area contributed by atoms with Crippen LogP contribution in [0.25, 0.3) is 0 Å². The second-order valence-electron chi connectivity index (χ2n) is 5.73. The molecule has 0 radical (unpaired) electrons. The van der Waals surface area contributed by atoms with E-state index >= 15 is 0 Å². The third kappa shape index (κ3) is 4.16. The summed E-state index contributed by atoms with van der Waals surface area (Å²) in [5.74, 6) is 0.406. The SMILES string of the molecule is CC(C)CC1CN(Cc2cccc(Cl)c2F)CCN1. The number of hydrogen-bond acceptors (Lipinski definition) is 2. The highest BCUT2D eigenvalue weighted by Gasteiger charge is 2.21. The highest BCUT2D eigenvalue weighted by molar-refractivity contribution is 6.30. The molecule has 19 heavy (non-hydrogen) atoms. The quantitative estimate of drug-likeness (QED) is 0.913. The Morgan fingerprint density at radius 3 is 3.00 bits per heavy atom. The van der Waals surface area contributed by atoms with Crippen LogP contribution in [0, 0.1) is 11.7 Å². The monoisotopic (exact) mass is 284 g/mol. The summed E-state index contributed by atoms with van der Waals surface area (Å²) < 4.78 is 13.9. The molecule has 1 saturated heterocycles. The first kappa shape index (κ1) is 14.8. The predicted molar refractivity (Wildman–Crippen MR) is 77.9 cm³/mol. The summed E-state index contributed by atoms with van der Waals surface area (Å²) in [6, 6.07) is 5.74. The van der Waals surface area contributed by atoms with Crippen LogP contribution in [0.4, 0.5) is 4.39 Å². The molecular formula is C15H22ClFN2. The smallest absolute Gasteiger partial charge is 0.146 e. The Kier molecular flexibility index (Phi) is 5.20. The highest BCUT2D eigenvalue weighted by atomic mass is 35.5. The molecule has 1 aliphatic rings. The zero-order valence-corrected chi connectivity index (χ0v) is 12.4. The lowest BCUT2D eigenvalue weighted by atomic mass is 10.0. The van der Waals surface area contributed by atoms with Crippen LogP contribution in [0.1, 0.15) is 25.8 Å². The first-order valence-electron chi connectivity index (χ1n) is 6.95. The van der Waals surface area contributed by atoms with Crippen molar-refractivity contribution in [1.82, 2.24) is 10.2 Å². The lowest BCUT2D eigenvalue weighted by Crippen LogP contribution is -2.50. The molecule has 1 aromatic carbocycles. The number of halogens is 2. The van der Waals surface area contributed by atoms with E-state index in [0.29, 0.717) is 24.1 Å². The average Bonchev–Trinajstić information content (AvgIpc) is 2.35. The van der Waals surface area contributed by atoms with Crippen LogP contribution in [0.15, 0.2) is 18.2 Å². The summed E-state index contributed by atoms with van der Waals surface area (Å²) in [5, 5.41) is 3.74.